The first-order valence-electron chi connectivity index (χ1n) is 6.76. The van der Waals surface area contributed by atoms with Crippen LogP contribution in [0.15, 0.2) is 41.3 Å². The van der Waals surface area contributed by atoms with Crippen molar-refractivity contribution in [2.75, 3.05) is 10.0 Å². The Morgan fingerprint density at radius 2 is 1.83 bits per heavy atom. The molecule has 0 aliphatic carbocycles. The standard InChI is InChI=1S/C15H12Cl2N2O3S/c16-10-2-4-12(17)14(8-10)23(21,22)19-11-3-5-13-9(7-11)1-6-15(20)18-13/h2-5,7-8,19H,1,6H2,(H,18,20). The highest BCUT2D eigenvalue weighted by atomic mass is 35.5. The average Bonchev–Trinajstić information content (AvgIpc) is 2.49. The molecule has 0 fully saturated rings. The molecular formula is C15H12Cl2N2O3S. The van der Waals surface area contributed by atoms with Crippen LogP contribution in [0.1, 0.15) is 12.0 Å². The van der Waals surface area contributed by atoms with Crippen molar-refractivity contribution >= 4 is 50.5 Å². The minimum atomic E-state index is -3.86. The number of anilines is 2. The molecule has 0 radical (unpaired) electrons. The number of carbonyl (C=O) groups excluding carboxylic acids is 1. The van der Waals surface area contributed by atoms with Gasteiger partial charge in [-0.05, 0) is 48.4 Å². The summed E-state index contributed by atoms with van der Waals surface area (Å²) in [6, 6.07) is 9.20. The molecule has 8 heteroatoms. The summed E-state index contributed by atoms with van der Waals surface area (Å²) in [7, 11) is -3.86. The zero-order valence-electron chi connectivity index (χ0n) is 11.8. The third-order valence-corrected chi connectivity index (χ3v) is 5.53. The van der Waals surface area contributed by atoms with E-state index in [9.17, 15) is 13.2 Å². The summed E-state index contributed by atoms with van der Waals surface area (Å²) in [5.74, 6) is -0.0449. The third kappa shape index (κ3) is 3.44. The van der Waals surface area contributed by atoms with E-state index in [1.54, 1.807) is 18.2 Å². The lowest BCUT2D eigenvalue weighted by Gasteiger charge is -2.18. The van der Waals surface area contributed by atoms with Crippen LogP contribution in [-0.4, -0.2) is 14.3 Å². The Balaban J connectivity index is 1.92. The van der Waals surface area contributed by atoms with E-state index in [1.807, 2.05) is 0 Å². The summed E-state index contributed by atoms with van der Waals surface area (Å²) in [6.45, 7) is 0. The van der Waals surface area contributed by atoms with Crippen LogP contribution in [0.3, 0.4) is 0 Å². The number of halogens is 2. The summed E-state index contributed by atoms with van der Waals surface area (Å²) in [5, 5.41) is 3.11. The van der Waals surface area contributed by atoms with Crippen LogP contribution < -0.4 is 10.0 Å². The predicted molar refractivity (Wildman–Crippen MR) is 90.7 cm³/mol. The molecule has 2 aromatic carbocycles. The minimum Gasteiger partial charge on any atom is -0.326 e. The highest BCUT2D eigenvalue weighted by molar-refractivity contribution is 7.92. The van der Waals surface area contributed by atoms with Gasteiger partial charge in [-0.25, -0.2) is 8.42 Å². The number of benzene rings is 2. The smallest absolute Gasteiger partial charge is 0.263 e. The van der Waals surface area contributed by atoms with E-state index < -0.39 is 10.0 Å². The molecule has 2 aromatic rings. The SMILES string of the molecule is O=C1CCc2cc(NS(=O)(=O)c3cc(Cl)ccc3Cl)ccc2N1. The van der Waals surface area contributed by atoms with Gasteiger partial charge in [-0.15, -0.1) is 0 Å². The number of aryl methyl sites for hydroxylation is 1. The lowest BCUT2D eigenvalue weighted by molar-refractivity contribution is -0.116. The predicted octanol–water partition coefficient (Wildman–Crippen LogP) is 3.68. The summed E-state index contributed by atoms with van der Waals surface area (Å²) in [5.41, 5.74) is 1.97. The molecule has 120 valence electrons. The molecular weight excluding hydrogens is 359 g/mol. The van der Waals surface area contributed by atoms with Gasteiger partial charge in [0.05, 0.1) is 5.02 Å². The van der Waals surface area contributed by atoms with Gasteiger partial charge in [0.25, 0.3) is 10.0 Å². The fraction of sp³-hybridized carbons (Fsp3) is 0.133. The molecule has 3 rings (SSSR count). The summed E-state index contributed by atoms with van der Waals surface area (Å²) in [6.07, 6.45) is 0.942. The molecule has 1 heterocycles. The first-order valence-corrected chi connectivity index (χ1v) is 9.00. The van der Waals surface area contributed by atoms with Crippen molar-refractivity contribution in [1.29, 1.82) is 0 Å². The van der Waals surface area contributed by atoms with Crippen LogP contribution in [0.4, 0.5) is 11.4 Å². The van der Waals surface area contributed by atoms with Gasteiger partial charge in [0.15, 0.2) is 0 Å². The van der Waals surface area contributed by atoms with Gasteiger partial charge in [0.2, 0.25) is 5.91 Å². The van der Waals surface area contributed by atoms with Gasteiger partial charge in [-0.1, -0.05) is 23.2 Å². The molecule has 0 unspecified atom stereocenters. The van der Waals surface area contributed by atoms with Crippen LogP contribution in [0, 0.1) is 0 Å². The lowest BCUT2D eigenvalue weighted by Crippen LogP contribution is -2.19. The number of nitrogens with one attached hydrogen (secondary N) is 2. The molecule has 5 nitrogen and oxygen atoms in total. The molecule has 1 amide bonds. The van der Waals surface area contributed by atoms with Crippen molar-refractivity contribution in [1.82, 2.24) is 0 Å². The zero-order chi connectivity index (χ0) is 16.6. The third-order valence-electron chi connectivity index (χ3n) is 3.44. The Kier molecular flexibility index (Phi) is 4.23. The number of hydrogen-bond donors (Lipinski definition) is 2. The van der Waals surface area contributed by atoms with Crippen LogP contribution in [0.2, 0.25) is 10.0 Å². The summed E-state index contributed by atoms with van der Waals surface area (Å²) >= 11 is 11.8. The molecule has 0 saturated carbocycles. The Morgan fingerprint density at radius 1 is 1.04 bits per heavy atom. The first-order chi connectivity index (χ1) is 10.8. The van der Waals surface area contributed by atoms with E-state index in [4.69, 9.17) is 23.2 Å². The second-order valence-corrected chi connectivity index (χ2v) is 7.59. The maximum Gasteiger partial charge on any atom is 0.263 e. The number of carbonyl (C=O) groups is 1. The fourth-order valence-corrected chi connectivity index (χ4v) is 4.15. The van der Waals surface area contributed by atoms with Gasteiger partial charge in [0.1, 0.15) is 4.90 Å². The number of amides is 1. The van der Waals surface area contributed by atoms with E-state index in [0.29, 0.717) is 24.2 Å². The molecule has 23 heavy (non-hydrogen) atoms. The number of hydrogen-bond acceptors (Lipinski definition) is 3. The molecule has 0 aromatic heterocycles. The second-order valence-electron chi connectivity index (χ2n) is 5.10. The van der Waals surface area contributed by atoms with Crippen molar-refractivity contribution in [3.63, 3.8) is 0 Å². The van der Waals surface area contributed by atoms with Gasteiger partial charge >= 0.3 is 0 Å². The van der Waals surface area contributed by atoms with E-state index in [1.165, 1.54) is 18.2 Å². The molecule has 0 bridgehead atoms. The maximum absolute atomic E-state index is 12.5. The van der Waals surface area contributed by atoms with E-state index in [2.05, 4.69) is 10.0 Å². The quantitative estimate of drug-likeness (QED) is 0.864. The zero-order valence-corrected chi connectivity index (χ0v) is 14.1. The first kappa shape index (κ1) is 16.1. The summed E-state index contributed by atoms with van der Waals surface area (Å²) < 4.78 is 27.4. The van der Waals surface area contributed by atoms with Gasteiger partial charge in [0, 0.05) is 22.8 Å². The topological polar surface area (TPSA) is 75.3 Å². The van der Waals surface area contributed by atoms with Crippen molar-refractivity contribution < 1.29 is 13.2 Å². The van der Waals surface area contributed by atoms with Crippen molar-refractivity contribution in [3.8, 4) is 0 Å². The van der Waals surface area contributed by atoms with Gasteiger partial charge in [-0.2, -0.15) is 0 Å². The Hall–Kier alpha value is -1.76. The second kappa shape index (κ2) is 6.03. The molecule has 0 spiro atoms. The normalized spacial score (nSPS) is 14.1. The number of fused-ring (bicyclic) bond motifs is 1. The van der Waals surface area contributed by atoms with E-state index in [0.717, 1.165) is 5.56 Å². The van der Waals surface area contributed by atoms with Gasteiger partial charge < -0.3 is 5.32 Å². The maximum atomic E-state index is 12.5. The van der Waals surface area contributed by atoms with E-state index >= 15 is 0 Å². The van der Waals surface area contributed by atoms with Crippen LogP contribution in [0.25, 0.3) is 0 Å². The number of rotatable bonds is 3. The fourth-order valence-electron chi connectivity index (χ4n) is 2.34. The monoisotopic (exact) mass is 370 g/mol. The Labute approximate surface area is 143 Å². The summed E-state index contributed by atoms with van der Waals surface area (Å²) in [4.78, 5) is 11.3. The molecule has 2 N–H and O–H groups in total. The van der Waals surface area contributed by atoms with Crippen molar-refractivity contribution in [2.45, 2.75) is 17.7 Å². The molecule has 0 saturated heterocycles. The highest BCUT2D eigenvalue weighted by Gasteiger charge is 2.20. The van der Waals surface area contributed by atoms with Crippen LogP contribution in [-0.2, 0) is 21.2 Å². The Morgan fingerprint density at radius 3 is 2.61 bits per heavy atom. The van der Waals surface area contributed by atoms with E-state index in [-0.39, 0.29) is 20.8 Å². The Bertz CT molecular complexity index is 898. The minimum absolute atomic E-state index is 0.0449. The number of sulfonamides is 1. The molecule has 1 aliphatic heterocycles. The molecule has 1 aliphatic rings. The van der Waals surface area contributed by atoms with Gasteiger partial charge in [-0.3, -0.25) is 9.52 Å². The lowest BCUT2D eigenvalue weighted by atomic mass is 10.0. The highest BCUT2D eigenvalue weighted by Crippen LogP contribution is 2.29. The van der Waals surface area contributed by atoms with Crippen molar-refractivity contribution in [2.24, 2.45) is 0 Å². The van der Waals surface area contributed by atoms with Crippen LogP contribution >= 0.6 is 23.2 Å². The molecule has 0 atom stereocenters. The van der Waals surface area contributed by atoms with Crippen molar-refractivity contribution in [3.05, 3.63) is 52.0 Å². The largest absolute Gasteiger partial charge is 0.326 e. The average molecular weight is 371 g/mol. The van der Waals surface area contributed by atoms with Crippen LogP contribution in [0.5, 0.6) is 0 Å².